The summed E-state index contributed by atoms with van der Waals surface area (Å²) in [7, 11) is 0. The van der Waals surface area contributed by atoms with Crippen LogP contribution in [0, 0.1) is 11.3 Å². The topological polar surface area (TPSA) is 64.3 Å². The quantitative estimate of drug-likeness (QED) is 0.913. The fourth-order valence-electron chi connectivity index (χ4n) is 3.07. The van der Waals surface area contributed by atoms with Crippen molar-refractivity contribution in [3.63, 3.8) is 0 Å². The molecule has 1 saturated heterocycles. The summed E-state index contributed by atoms with van der Waals surface area (Å²) >= 11 is 3.35. The molecule has 5 heteroatoms. The minimum Gasteiger partial charge on any atom is -0.479 e. The van der Waals surface area contributed by atoms with Crippen LogP contribution in [0.25, 0.3) is 0 Å². The molecule has 1 fully saturated rings. The number of halogens is 1. The van der Waals surface area contributed by atoms with E-state index in [9.17, 15) is 15.2 Å². The lowest BCUT2D eigenvalue weighted by Gasteiger charge is -2.37. The summed E-state index contributed by atoms with van der Waals surface area (Å²) in [6.45, 7) is 2.68. The standard InChI is InChI=1S/C15H17BrN2O2/c1-2-6-15(14(19)20)7-3-8-18(15)13-5-4-12(16)9-11(13)10-17/h4-5,9H,2-3,6-8H2,1H3,(H,19,20). The maximum Gasteiger partial charge on any atom is 0.329 e. The van der Waals surface area contributed by atoms with Gasteiger partial charge in [0.15, 0.2) is 0 Å². The molecule has 1 aromatic rings. The van der Waals surface area contributed by atoms with Crippen molar-refractivity contribution in [2.75, 3.05) is 11.4 Å². The summed E-state index contributed by atoms with van der Waals surface area (Å²) in [6, 6.07) is 7.60. The summed E-state index contributed by atoms with van der Waals surface area (Å²) in [5.41, 5.74) is 0.376. The summed E-state index contributed by atoms with van der Waals surface area (Å²) in [5.74, 6) is -0.788. The highest BCUT2D eigenvalue weighted by Crippen LogP contribution is 2.39. The molecule has 0 aliphatic carbocycles. The Bertz CT molecular complexity index is 567. The summed E-state index contributed by atoms with van der Waals surface area (Å²) in [6.07, 6.45) is 2.88. The third kappa shape index (κ3) is 2.40. The number of anilines is 1. The number of hydrogen-bond acceptors (Lipinski definition) is 3. The predicted octanol–water partition coefficient (Wildman–Crippen LogP) is 3.54. The Morgan fingerprint density at radius 1 is 1.60 bits per heavy atom. The molecular formula is C15H17BrN2O2. The monoisotopic (exact) mass is 336 g/mol. The molecule has 0 spiro atoms. The first-order valence-corrected chi connectivity index (χ1v) is 7.55. The number of hydrogen-bond donors (Lipinski definition) is 1. The van der Waals surface area contributed by atoms with Crippen molar-refractivity contribution in [2.24, 2.45) is 0 Å². The van der Waals surface area contributed by atoms with Crippen LogP contribution in [-0.4, -0.2) is 23.2 Å². The van der Waals surface area contributed by atoms with Crippen molar-refractivity contribution in [1.29, 1.82) is 5.26 Å². The van der Waals surface area contributed by atoms with E-state index < -0.39 is 11.5 Å². The van der Waals surface area contributed by atoms with Crippen molar-refractivity contribution in [3.8, 4) is 6.07 Å². The Morgan fingerprint density at radius 2 is 2.35 bits per heavy atom. The molecule has 1 atom stereocenters. The fourth-order valence-corrected chi connectivity index (χ4v) is 3.43. The highest BCUT2D eigenvalue weighted by Gasteiger charge is 2.47. The molecule has 1 N–H and O–H groups in total. The molecule has 20 heavy (non-hydrogen) atoms. The largest absolute Gasteiger partial charge is 0.479 e. The van der Waals surface area contributed by atoms with Crippen molar-refractivity contribution >= 4 is 27.6 Å². The van der Waals surface area contributed by atoms with Gasteiger partial charge in [0.2, 0.25) is 0 Å². The Balaban J connectivity index is 2.50. The first-order valence-electron chi connectivity index (χ1n) is 6.76. The van der Waals surface area contributed by atoms with Gasteiger partial charge in [0.1, 0.15) is 11.6 Å². The number of carboxylic acids is 1. The van der Waals surface area contributed by atoms with Gasteiger partial charge in [-0.3, -0.25) is 0 Å². The minimum atomic E-state index is -0.867. The minimum absolute atomic E-state index is 0.517. The van der Waals surface area contributed by atoms with E-state index in [1.807, 2.05) is 24.0 Å². The molecule has 1 aromatic carbocycles. The predicted molar refractivity (Wildman–Crippen MR) is 80.7 cm³/mol. The molecular weight excluding hydrogens is 320 g/mol. The van der Waals surface area contributed by atoms with E-state index >= 15 is 0 Å². The van der Waals surface area contributed by atoms with Gasteiger partial charge in [-0.05, 0) is 37.5 Å². The number of rotatable bonds is 4. The van der Waals surface area contributed by atoms with Gasteiger partial charge in [-0.25, -0.2) is 4.79 Å². The second kappa shape index (κ2) is 5.84. The van der Waals surface area contributed by atoms with E-state index in [-0.39, 0.29) is 0 Å². The third-order valence-corrected chi connectivity index (χ3v) is 4.41. The zero-order valence-electron chi connectivity index (χ0n) is 11.4. The molecule has 1 unspecified atom stereocenters. The van der Waals surface area contributed by atoms with Crippen molar-refractivity contribution < 1.29 is 9.90 Å². The molecule has 0 aromatic heterocycles. The van der Waals surface area contributed by atoms with Gasteiger partial charge < -0.3 is 10.0 Å². The Hall–Kier alpha value is -1.54. The third-order valence-electron chi connectivity index (χ3n) is 3.92. The van der Waals surface area contributed by atoms with Gasteiger partial charge in [-0.2, -0.15) is 5.26 Å². The lowest BCUT2D eigenvalue weighted by atomic mass is 9.90. The Kier molecular flexibility index (Phi) is 4.34. The summed E-state index contributed by atoms with van der Waals surface area (Å²) in [5, 5.41) is 19.0. The smallest absolute Gasteiger partial charge is 0.329 e. The van der Waals surface area contributed by atoms with Crippen LogP contribution in [0.1, 0.15) is 38.2 Å². The van der Waals surface area contributed by atoms with Crippen LogP contribution in [0.4, 0.5) is 5.69 Å². The Labute approximate surface area is 127 Å². The number of nitrogens with zero attached hydrogens (tertiary/aromatic N) is 2. The summed E-state index contributed by atoms with van der Waals surface area (Å²) in [4.78, 5) is 13.7. The first kappa shape index (κ1) is 14.9. The maximum atomic E-state index is 11.8. The van der Waals surface area contributed by atoms with E-state index in [0.29, 0.717) is 24.9 Å². The zero-order chi connectivity index (χ0) is 14.8. The van der Waals surface area contributed by atoms with Crippen LogP contribution in [0.5, 0.6) is 0 Å². The van der Waals surface area contributed by atoms with Gasteiger partial charge in [0, 0.05) is 11.0 Å². The average molecular weight is 337 g/mol. The molecule has 1 aliphatic heterocycles. The van der Waals surface area contributed by atoms with E-state index in [0.717, 1.165) is 23.0 Å². The van der Waals surface area contributed by atoms with Gasteiger partial charge in [-0.1, -0.05) is 29.3 Å². The fraction of sp³-hybridized carbons (Fsp3) is 0.467. The molecule has 4 nitrogen and oxygen atoms in total. The van der Waals surface area contributed by atoms with E-state index in [4.69, 9.17) is 0 Å². The van der Waals surface area contributed by atoms with Gasteiger partial charge >= 0.3 is 5.97 Å². The van der Waals surface area contributed by atoms with Crippen LogP contribution in [-0.2, 0) is 4.79 Å². The normalized spacial score (nSPS) is 21.8. The highest BCUT2D eigenvalue weighted by molar-refractivity contribution is 9.10. The van der Waals surface area contributed by atoms with Gasteiger partial charge in [-0.15, -0.1) is 0 Å². The van der Waals surface area contributed by atoms with Gasteiger partial charge in [0.25, 0.3) is 0 Å². The van der Waals surface area contributed by atoms with E-state index in [1.54, 1.807) is 6.07 Å². The molecule has 2 rings (SSSR count). The Morgan fingerprint density at radius 3 is 2.95 bits per heavy atom. The van der Waals surface area contributed by atoms with E-state index in [2.05, 4.69) is 22.0 Å². The number of carboxylic acid groups (broad SMARTS) is 1. The summed E-state index contributed by atoms with van der Waals surface area (Å²) < 4.78 is 0.827. The molecule has 0 bridgehead atoms. The SMILES string of the molecule is CCCC1(C(=O)O)CCCN1c1ccc(Br)cc1C#N. The van der Waals surface area contributed by atoms with Crippen LogP contribution in [0.15, 0.2) is 22.7 Å². The molecule has 1 heterocycles. The zero-order valence-corrected chi connectivity index (χ0v) is 13.0. The highest BCUT2D eigenvalue weighted by atomic mass is 79.9. The molecule has 0 saturated carbocycles. The van der Waals surface area contributed by atoms with Crippen LogP contribution in [0.2, 0.25) is 0 Å². The molecule has 1 aliphatic rings. The average Bonchev–Trinajstić information content (AvgIpc) is 2.84. The van der Waals surface area contributed by atoms with Crippen molar-refractivity contribution in [3.05, 3.63) is 28.2 Å². The maximum absolute atomic E-state index is 11.8. The second-order valence-corrected chi connectivity index (χ2v) is 6.03. The van der Waals surface area contributed by atoms with Crippen LogP contribution < -0.4 is 4.90 Å². The van der Waals surface area contributed by atoms with Crippen LogP contribution in [0.3, 0.4) is 0 Å². The van der Waals surface area contributed by atoms with Gasteiger partial charge in [0.05, 0.1) is 11.3 Å². The van der Waals surface area contributed by atoms with Crippen LogP contribution >= 0.6 is 15.9 Å². The molecule has 0 amide bonds. The number of benzene rings is 1. The van der Waals surface area contributed by atoms with E-state index in [1.165, 1.54) is 0 Å². The second-order valence-electron chi connectivity index (χ2n) is 5.12. The first-order chi connectivity index (χ1) is 9.55. The van der Waals surface area contributed by atoms with Crippen molar-refractivity contribution in [2.45, 2.75) is 38.1 Å². The van der Waals surface area contributed by atoms with Crippen molar-refractivity contribution in [1.82, 2.24) is 0 Å². The molecule has 0 radical (unpaired) electrons. The lowest BCUT2D eigenvalue weighted by Crippen LogP contribution is -2.51. The molecule has 106 valence electrons. The lowest BCUT2D eigenvalue weighted by molar-refractivity contribution is -0.143. The number of aliphatic carboxylic acids is 1. The number of nitriles is 1. The number of carbonyl (C=O) groups is 1.